The molecule has 0 N–H and O–H groups in total. The van der Waals surface area contributed by atoms with Gasteiger partial charge < -0.3 is 0 Å². The number of hydrogen-bond donors (Lipinski definition) is 0. The quantitative estimate of drug-likeness (QED) is 0.783. The van der Waals surface area contributed by atoms with Gasteiger partial charge in [0.2, 0.25) is 0 Å². The summed E-state index contributed by atoms with van der Waals surface area (Å²) >= 11 is 5.81. The minimum Gasteiger partial charge on any atom is -0.248 e. The van der Waals surface area contributed by atoms with Crippen molar-refractivity contribution in [1.29, 1.82) is 0 Å². The molecule has 2 aromatic rings. The van der Waals surface area contributed by atoms with Crippen LogP contribution in [-0.2, 0) is 9.84 Å². The van der Waals surface area contributed by atoms with Crippen LogP contribution in [0.25, 0.3) is 11.0 Å². The molecule has 0 atom stereocenters. The van der Waals surface area contributed by atoms with Gasteiger partial charge in [-0.3, -0.25) is 0 Å². The zero-order chi connectivity index (χ0) is 11.9. The third-order valence-corrected chi connectivity index (χ3v) is 3.43. The van der Waals surface area contributed by atoms with E-state index in [9.17, 15) is 8.42 Å². The second-order valence-corrected chi connectivity index (χ2v) is 5.89. The lowest BCUT2D eigenvalue weighted by Gasteiger charge is -2.04. The molecule has 1 heterocycles. The van der Waals surface area contributed by atoms with Crippen LogP contribution in [0, 0.1) is 6.92 Å². The van der Waals surface area contributed by atoms with Crippen molar-refractivity contribution in [2.24, 2.45) is 0 Å². The minimum absolute atomic E-state index is 0.0160. The Balaban J connectivity index is 2.83. The number of aryl methyl sites for hydroxylation is 1. The van der Waals surface area contributed by atoms with Gasteiger partial charge in [-0.1, -0.05) is 11.6 Å². The lowest BCUT2D eigenvalue weighted by Crippen LogP contribution is -2.05. The Labute approximate surface area is 98.2 Å². The van der Waals surface area contributed by atoms with Gasteiger partial charge in [0.15, 0.2) is 14.9 Å². The topological polar surface area (TPSA) is 59.9 Å². The molecule has 16 heavy (non-hydrogen) atoms. The Bertz CT molecular complexity index is 668. The highest BCUT2D eigenvalue weighted by Gasteiger charge is 2.15. The van der Waals surface area contributed by atoms with Gasteiger partial charge in [-0.05, 0) is 25.1 Å². The van der Waals surface area contributed by atoms with Crippen molar-refractivity contribution < 1.29 is 8.42 Å². The van der Waals surface area contributed by atoms with Gasteiger partial charge in [0.05, 0.1) is 16.7 Å². The number of benzene rings is 1. The van der Waals surface area contributed by atoms with Crippen LogP contribution in [0.3, 0.4) is 0 Å². The molecule has 0 aliphatic rings. The Hall–Kier alpha value is -1.20. The van der Waals surface area contributed by atoms with Crippen LogP contribution in [0.2, 0.25) is 5.02 Å². The van der Waals surface area contributed by atoms with Crippen molar-refractivity contribution in [2.75, 3.05) is 6.26 Å². The fourth-order valence-corrected chi connectivity index (χ4v) is 2.46. The second-order valence-electron chi connectivity index (χ2n) is 3.52. The number of nitrogens with zero attached hydrogens (tertiary/aromatic N) is 2. The van der Waals surface area contributed by atoms with Crippen LogP contribution in [0.15, 0.2) is 23.2 Å². The molecule has 4 nitrogen and oxygen atoms in total. The maximum Gasteiger partial charge on any atom is 0.194 e. The first kappa shape index (κ1) is 11.3. The SMILES string of the molecule is Cc1nc2cc(Cl)ccc2nc1S(C)(=O)=O. The number of aromatic nitrogens is 2. The molecule has 0 amide bonds. The lowest BCUT2D eigenvalue weighted by molar-refractivity contribution is 0.597. The van der Waals surface area contributed by atoms with Gasteiger partial charge in [-0.25, -0.2) is 18.4 Å². The van der Waals surface area contributed by atoms with E-state index in [4.69, 9.17) is 11.6 Å². The van der Waals surface area contributed by atoms with E-state index in [-0.39, 0.29) is 5.03 Å². The van der Waals surface area contributed by atoms with Gasteiger partial charge in [0.25, 0.3) is 0 Å². The number of halogens is 1. The molecule has 0 bridgehead atoms. The summed E-state index contributed by atoms with van der Waals surface area (Å²) in [5.74, 6) is 0. The summed E-state index contributed by atoms with van der Waals surface area (Å²) in [7, 11) is -3.34. The van der Waals surface area contributed by atoms with E-state index in [1.807, 2.05) is 0 Å². The zero-order valence-corrected chi connectivity index (χ0v) is 10.3. The molecular weight excluding hydrogens is 248 g/mol. The van der Waals surface area contributed by atoms with Gasteiger partial charge >= 0.3 is 0 Å². The molecule has 6 heteroatoms. The van der Waals surface area contributed by atoms with Crippen molar-refractivity contribution in [1.82, 2.24) is 9.97 Å². The van der Waals surface area contributed by atoms with Crippen LogP contribution in [0.4, 0.5) is 0 Å². The molecule has 0 unspecified atom stereocenters. The molecule has 0 aliphatic carbocycles. The molecular formula is C10H9ClN2O2S. The smallest absolute Gasteiger partial charge is 0.194 e. The van der Waals surface area contributed by atoms with Gasteiger partial charge in [-0.2, -0.15) is 0 Å². The lowest BCUT2D eigenvalue weighted by atomic mass is 10.3. The summed E-state index contributed by atoms with van der Waals surface area (Å²) in [6, 6.07) is 4.96. The van der Waals surface area contributed by atoms with E-state index in [0.29, 0.717) is 21.7 Å². The first-order chi connectivity index (χ1) is 7.38. The summed E-state index contributed by atoms with van der Waals surface area (Å²) in [6.45, 7) is 1.61. The third kappa shape index (κ3) is 2.01. The molecule has 0 spiro atoms. The number of sulfone groups is 1. The predicted octanol–water partition coefficient (Wildman–Crippen LogP) is 2.00. The predicted molar refractivity (Wildman–Crippen MR) is 62.4 cm³/mol. The van der Waals surface area contributed by atoms with E-state index in [2.05, 4.69) is 9.97 Å². The average Bonchev–Trinajstić information content (AvgIpc) is 2.14. The van der Waals surface area contributed by atoms with Gasteiger partial charge in [-0.15, -0.1) is 0 Å². The highest BCUT2D eigenvalue weighted by atomic mass is 35.5. The highest BCUT2D eigenvalue weighted by Crippen LogP contribution is 2.19. The summed E-state index contributed by atoms with van der Waals surface area (Å²) in [5, 5.41) is 0.565. The Kier molecular flexibility index (Phi) is 2.59. The molecule has 0 saturated carbocycles. The minimum atomic E-state index is -3.34. The third-order valence-electron chi connectivity index (χ3n) is 2.11. The van der Waals surface area contributed by atoms with Crippen molar-refractivity contribution in [3.63, 3.8) is 0 Å². The maximum atomic E-state index is 11.4. The van der Waals surface area contributed by atoms with Crippen molar-refractivity contribution in [3.05, 3.63) is 28.9 Å². The van der Waals surface area contributed by atoms with E-state index >= 15 is 0 Å². The summed E-state index contributed by atoms with van der Waals surface area (Å²) in [4.78, 5) is 8.25. The number of hydrogen-bond acceptors (Lipinski definition) is 4. The van der Waals surface area contributed by atoms with Crippen molar-refractivity contribution >= 4 is 32.5 Å². The Morgan fingerprint density at radius 3 is 2.50 bits per heavy atom. The molecule has 1 aromatic carbocycles. The standard InChI is InChI=1S/C10H9ClN2O2S/c1-6-10(16(2,14)15)13-8-4-3-7(11)5-9(8)12-6/h3-5H,1-2H3. The molecule has 0 aliphatic heterocycles. The molecule has 0 saturated heterocycles. The molecule has 1 aromatic heterocycles. The van der Waals surface area contributed by atoms with E-state index < -0.39 is 9.84 Å². The van der Waals surface area contributed by atoms with Gasteiger partial charge in [0.1, 0.15) is 0 Å². The Morgan fingerprint density at radius 2 is 1.88 bits per heavy atom. The van der Waals surface area contributed by atoms with Crippen LogP contribution in [0.5, 0.6) is 0 Å². The normalized spacial score (nSPS) is 11.9. The summed E-state index contributed by atoms with van der Waals surface area (Å²) in [6.07, 6.45) is 1.12. The highest BCUT2D eigenvalue weighted by molar-refractivity contribution is 7.90. The fourth-order valence-electron chi connectivity index (χ4n) is 1.45. The van der Waals surface area contributed by atoms with E-state index in [1.165, 1.54) is 0 Å². The zero-order valence-electron chi connectivity index (χ0n) is 8.73. The molecule has 0 radical (unpaired) electrons. The summed E-state index contributed by atoms with van der Waals surface area (Å²) in [5.41, 5.74) is 1.50. The van der Waals surface area contributed by atoms with Crippen LogP contribution >= 0.6 is 11.6 Å². The monoisotopic (exact) mass is 256 g/mol. The van der Waals surface area contributed by atoms with E-state index in [1.54, 1.807) is 25.1 Å². The molecule has 2 rings (SSSR count). The van der Waals surface area contributed by atoms with Crippen LogP contribution < -0.4 is 0 Å². The van der Waals surface area contributed by atoms with Crippen molar-refractivity contribution in [3.8, 4) is 0 Å². The van der Waals surface area contributed by atoms with Crippen molar-refractivity contribution in [2.45, 2.75) is 11.9 Å². The summed E-state index contributed by atoms with van der Waals surface area (Å²) < 4.78 is 22.9. The number of fused-ring (bicyclic) bond motifs is 1. The second kappa shape index (κ2) is 3.68. The largest absolute Gasteiger partial charge is 0.248 e. The van der Waals surface area contributed by atoms with E-state index in [0.717, 1.165) is 6.26 Å². The number of rotatable bonds is 1. The van der Waals surface area contributed by atoms with Gasteiger partial charge in [0, 0.05) is 11.3 Å². The maximum absolute atomic E-state index is 11.4. The van der Waals surface area contributed by atoms with Crippen LogP contribution in [0.1, 0.15) is 5.69 Å². The fraction of sp³-hybridized carbons (Fsp3) is 0.200. The Morgan fingerprint density at radius 1 is 1.19 bits per heavy atom. The molecule has 0 fully saturated rings. The first-order valence-electron chi connectivity index (χ1n) is 4.52. The molecule has 84 valence electrons. The first-order valence-corrected chi connectivity index (χ1v) is 6.79. The average molecular weight is 257 g/mol. The van der Waals surface area contributed by atoms with Crippen LogP contribution in [-0.4, -0.2) is 24.6 Å².